The minimum atomic E-state index is 0.501. The molecule has 0 amide bonds. The van der Waals surface area contributed by atoms with Crippen LogP contribution in [-0.2, 0) is 0 Å². The van der Waals surface area contributed by atoms with Crippen molar-refractivity contribution in [2.45, 2.75) is 6.92 Å². The van der Waals surface area contributed by atoms with Crippen molar-refractivity contribution in [1.29, 1.82) is 0 Å². The number of rotatable bonds is 1. The molecule has 13 heavy (non-hydrogen) atoms. The average molecular weight is 174 g/mol. The fourth-order valence-corrected chi connectivity index (χ4v) is 1.37. The molecule has 0 aliphatic rings. The van der Waals surface area contributed by atoms with Crippen molar-refractivity contribution in [3.05, 3.63) is 36.0 Å². The standard InChI is InChI=1S/C10H10N2O/c1-7-2-3-8-4-5-11-10(12-13)9(8)6-7/h2-6,13H,1H3,(H,11,12). The van der Waals surface area contributed by atoms with Crippen LogP contribution in [0.1, 0.15) is 5.56 Å². The summed E-state index contributed by atoms with van der Waals surface area (Å²) in [6.45, 7) is 2.01. The first-order valence-corrected chi connectivity index (χ1v) is 4.07. The van der Waals surface area contributed by atoms with E-state index in [4.69, 9.17) is 5.21 Å². The van der Waals surface area contributed by atoms with Gasteiger partial charge in [0.15, 0.2) is 5.82 Å². The van der Waals surface area contributed by atoms with Crippen LogP contribution in [-0.4, -0.2) is 10.2 Å². The highest BCUT2D eigenvalue weighted by atomic mass is 16.5. The van der Waals surface area contributed by atoms with Crippen LogP contribution in [0.4, 0.5) is 5.82 Å². The Morgan fingerprint density at radius 2 is 2.15 bits per heavy atom. The van der Waals surface area contributed by atoms with Crippen molar-refractivity contribution in [2.75, 3.05) is 5.48 Å². The van der Waals surface area contributed by atoms with E-state index >= 15 is 0 Å². The SMILES string of the molecule is Cc1ccc2ccnc(NO)c2c1. The lowest BCUT2D eigenvalue weighted by atomic mass is 10.1. The predicted octanol–water partition coefficient (Wildman–Crippen LogP) is 2.34. The molecule has 0 saturated heterocycles. The van der Waals surface area contributed by atoms with Crippen molar-refractivity contribution in [3.63, 3.8) is 0 Å². The summed E-state index contributed by atoms with van der Waals surface area (Å²) in [6, 6.07) is 7.94. The largest absolute Gasteiger partial charge is 0.290 e. The molecule has 2 N–H and O–H groups in total. The number of pyridine rings is 1. The van der Waals surface area contributed by atoms with E-state index in [1.54, 1.807) is 6.20 Å². The summed E-state index contributed by atoms with van der Waals surface area (Å²) in [4.78, 5) is 4.01. The second kappa shape index (κ2) is 3.03. The molecule has 0 saturated carbocycles. The van der Waals surface area contributed by atoms with E-state index in [2.05, 4.69) is 10.5 Å². The van der Waals surface area contributed by atoms with Crippen molar-refractivity contribution < 1.29 is 5.21 Å². The number of benzene rings is 1. The Bertz CT molecular complexity index is 440. The summed E-state index contributed by atoms with van der Waals surface area (Å²) < 4.78 is 0. The molecule has 2 rings (SSSR count). The zero-order chi connectivity index (χ0) is 9.26. The van der Waals surface area contributed by atoms with E-state index in [0.29, 0.717) is 5.82 Å². The van der Waals surface area contributed by atoms with Gasteiger partial charge >= 0.3 is 0 Å². The van der Waals surface area contributed by atoms with Crippen LogP contribution in [0, 0.1) is 6.92 Å². The summed E-state index contributed by atoms with van der Waals surface area (Å²) in [6.07, 6.45) is 1.66. The molecule has 0 unspecified atom stereocenters. The Balaban J connectivity index is 2.79. The molecule has 0 radical (unpaired) electrons. The zero-order valence-corrected chi connectivity index (χ0v) is 7.28. The number of aryl methyl sites for hydroxylation is 1. The smallest absolute Gasteiger partial charge is 0.157 e. The summed E-state index contributed by atoms with van der Waals surface area (Å²) in [5.41, 5.74) is 3.24. The number of nitrogens with one attached hydrogen (secondary N) is 1. The van der Waals surface area contributed by atoms with Gasteiger partial charge in [0.1, 0.15) is 0 Å². The van der Waals surface area contributed by atoms with Gasteiger partial charge in [-0.25, -0.2) is 4.98 Å². The van der Waals surface area contributed by atoms with Gasteiger partial charge in [0.05, 0.1) is 0 Å². The van der Waals surface area contributed by atoms with Gasteiger partial charge in [0.2, 0.25) is 0 Å². The Morgan fingerprint density at radius 1 is 1.31 bits per heavy atom. The minimum absolute atomic E-state index is 0.501. The van der Waals surface area contributed by atoms with Crippen LogP contribution in [0.2, 0.25) is 0 Å². The van der Waals surface area contributed by atoms with E-state index in [-0.39, 0.29) is 0 Å². The first-order chi connectivity index (χ1) is 6.31. The molecule has 0 bridgehead atoms. The summed E-state index contributed by atoms with van der Waals surface area (Å²) in [5.74, 6) is 0.501. The number of hydrogen-bond acceptors (Lipinski definition) is 3. The van der Waals surface area contributed by atoms with Crippen molar-refractivity contribution in [1.82, 2.24) is 4.98 Å². The van der Waals surface area contributed by atoms with E-state index in [1.807, 2.05) is 31.2 Å². The van der Waals surface area contributed by atoms with E-state index < -0.39 is 0 Å². The second-order valence-electron chi connectivity index (χ2n) is 3.00. The quantitative estimate of drug-likeness (QED) is 0.652. The van der Waals surface area contributed by atoms with E-state index in [9.17, 15) is 0 Å². The Kier molecular flexibility index (Phi) is 1.87. The topological polar surface area (TPSA) is 45.2 Å². The lowest BCUT2D eigenvalue weighted by molar-refractivity contribution is 0.387. The third-order valence-corrected chi connectivity index (χ3v) is 2.03. The number of nitrogens with zero attached hydrogens (tertiary/aromatic N) is 1. The molecule has 1 aromatic carbocycles. The highest BCUT2D eigenvalue weighted by Gasteiger charge is 1.99. The van der Waals surface area contributed by atoms with Crippen LogP contribution < -0.4 is 5.48 Å². The molecule has 0 spiro atoms. The molecule has 2 aromatic rings. The fourth-order valence-electron chi connectivity index (χ4n) is 1.37. The number of fused-ring (bicyclic) bond motifs is 1. The average Bonchev–Trinajstić information content (AvgIpc) is 2.17. The Morgan fingerprint density at radius 3 is 2.92 bits per heavy atom. The molecule has 66 valence electrons. The fraction of sp³-hybridized carbons (Fsp3) is 0.100. The summed E-state index contributed by atoms with van der Waals surface area (Å²) in [7, 11) is 0. The van der Waals surface area contributed by atoms with E-state index in [1.165, 1.54) is 0 Å². The Hall–Kier alpha value is -1.61. The molecular weight excluding hydrogens is 164 g/mol. The van der Waals surface area contributed by atoms with Gasteiger partial charge in [-0.2, -0.15) is 0 Å². The third-order valence-electron chi connectivity index (χ3n) is 2.03. The lowest BCUT2D eigenvalue weighted by Crippen LogP contribution is -1.93. The maximum Gasteiger partial charge on any atom is 0.157 e. The van der Waals surface area contributed by atoms with Gasteiger partial charge in [-0.3, -0.25) is 10.7 Å². The lowest BCUT2D eigenvalue weighted by Gasteiger charge is -2.03. The number of anilines is 1. The number of aromatic nitrogens is 1. The van der Waals surface area contributed by atoms with Crippen LogP contribution in [0.25, 0.3) is 10.8 Å². The van der Waals surface area contributed by atoms with Gasteiger partial charge in [0.25, 0.3) is 0 Å². The molecule has 3 heteroatoms. The zero-order valence-electron chi connectivity index (χ0n) is 7.28. The molecule has 0 aliphatic heterocycles. The van der Waals surface area contributed by atoms with Gasteiger partial charge in [-0.15, -0.1) is 0 Å². The molecule has 1 heterocycles. The maximum atomic E-state index is 8.81. The van der Waals surface area contributed by atoms with Crippen LogP contribution >= 0.6 is 0 Å². The molecule has 0 aliphatic carbocycles. The van der Waals surface area contributed by atoms with Crippen LogP contribution in [0.15, 0.2) is 30.5 Å². The summed E-state index contributed by atoms with van der Waals surface area (Å²) >= 11 is 0. The van der Waals surface area contributed by atoms with Gasteiger partial charge in [0, 0.05) is 11.6 Å². The number of hydrogen-bond donors (Lipinski definition) is 2. The van der Waals surface area contributed by atoms with Gasteiger partial charge in [-0.1, -0.05) is 17.7 Å². The molecule has 0 fully saturated rings. The first kappa shape index (κ1) is 8.01. The Labute approximate surface area is 76.0 Å². The molecule has 1 aromatic heterocycles. The third kappa shape index (κ3) is 1.34. The monoisotopic (exact) mass is 174 g/mol. The highest BCUT2D eigenvalue weighted by molar-refractivity contribution is 5.91. The first-order valence-electron chi connectivity index (χ1n) is 4.07. The van der Waals surface area contributed by atoms with Crippen molar-refractivity contribution in [3.8, 4) is 0 Å². The van der Waals surface area contributed by atoms with Gasteiger partial charge < -0.3 is 0 Å². The molecule has 3 nitrogen and oxygen atoms in total. The minimum Gasteiger partial charge on any atom is -0.290 e. The highest BCUT2D eigenvalue weighted by Crippen LogP contribution is 2.21. The molecular formula is C10H10N2O. The van der Waals surface area contributed by atoms with Crippen LogP contribution in [0.5, 0.6) is 0 Å². The predicted molar refractivity (Wildman–Crippen MR) is 51.9 cm³/mol. The maximum absolute atomic E-state index is 8.81. The van der Waals surface area contributed by atoms with E-state index in [0.717, 1.165) is 16.3 Å². The van der Waals surface area contributed by atoms with Crippen molar-refractivity contribution >= 4 is 16.6 Å². The summed E-state index contributed by atoms with van der Waals surface area (Å²) in [5, 5.41) is 10.8. The van der Waals surface area contributed by atoms with Gasteiger partial charge in [-0.05, 0) is 24.4 Å². The second-order valence-corrected chi connectivity index (χ2v) is 3.00. The normalized spacial score (nSPS) is 10.3. The molecule has 0 atom stereocenters. The van der Waals surface area contributed by atoms with Crippen molar-refractivity contribution in [2.24, 2.45) is 0 Å². The van der Waals surface area contributed by atoms with Crippen LogP contribution in [0.3, 0.4) is 0 Å².